The quantitative estimate of drug-likeness (QED) is 0.0915. The molecule has 130 heavy (non-hydrogen) atoms. The zero-order valence-corrected chi connectivity index (χ0v) is 82.1. The summed E-state index contributed by atoms with van der Waals surface area (Å²) in [7, 11) is 13.0. The molecule has 0 aliphatic rings. The summed E-state index contributed by atoms with van der Waals surface area (Å²) in [5.74, 6) is -6.91. The van der Waals surface area contributed by atoms with Gasteiger partial charge in [0.15, 0.2) is 43.4 Å². The molecule has 0 amide bonds. The normalized spacial score (nSPS) is 17.4. The van der Waals surface area contributed by atoms with E-state index in [2.05, 4.69) is 29.7 Å². The van der Waals surface area contributed by atoms with Gasteiger partial charge in [0.1, 0.15) is 49.3 Å². The van der Waals surface area contributed by atoms with Gasteiger partial charge in [0.25, 0.3) is 0 Å². The number of aromatic nitrogens is 7. The molecule has 0 fully saturated rings. The molecule has 0 aliphatic carbocycles. The van der Waals surface area contributed by atoms with Crippen LogP contribution in [0.5, 0.6) is 0 Å². The van der Waals surface area contributed by atoms with Crippen LogP contribution in [-0.4, -0.2) is 0 Å². The third kappa shape index (κ3) is 27.6. The lowest BCUT2D eigenvalue weighted by Gasteiger charge is -2.13. The molecule has 7 nitrogen and oxygen atoms in total. The lowest BCUT2D eigenvalue weighted by Crippen LogP contribution is -2.32. The van der Waals surface area contributed by atoms with E-state index in [0.717, 1.165) is 129 Å². The Hall–Kier alpha value is -11.4. The smallest absolute Gasteiger partial charge is 0.201 e. The number of hydrogen-bond acceptors (Lipinski definition) is 0. The van der Waals surface area contributed by atoms with Gasteiger partial charge in [0, 0.05) is 169 Å². The highest BCUT2D eigenvalue weighted by Gasteiger charge is 2.24. The average Bonchev–Trinajstić information content (AvgIpc) is 0.726. The summed E-state index contributed by atoms with van der Waals surface area (Å²) in [6, 6.07) is 58.5. The van der Waals surface area contributed by atoms with E-state index in [1.54, 1.807) is 122 Å². The molecule has 14 rings (SSSR count). The fourth-order valence-electron chi connectivity index (χ4n) is 15.8. The van der Waals surface area contributed by atoms with E-state index >= 15 is 0 Å². The fraction of sp³-hybridized carbons (Fsp3) is 0.374. The summed E-state index contributed by atoms with van der Waals surface area (Å²) in [5, 5.41) is 0. The molecule has 2 unspecified atom stereocenters. The minimum absolute atomic E-state index is 0.107. The number of rotatable bonds is 15. The first kappa shape index (κ1) is 62.8. The maximum Gasteiger partial charge on any atom is 0.215 e. The van der Waals surface area contributed by atoms with Crippen LogP contribution in [0, 0.1) is 110 Å². The number of pyridine rings is 7. The Kier molecular flexibility index (Phi) is 22.7. The molecule has 7 aromatic carbocycles. The van der Waals surface area contributed by atoms with Gasteiger partial charge >= 0.3 is 0 Å². The van der Waals surface area contributed by atoms with Crippen LogP contribution >= 0.6 is 0 Å². The zero-order valence-electron chi connectivity index (χ0n) is 118. The first-order valence-corrected chi connectivity index (χ1v) is 43.8. The molecule has 0 N–H and O–H groups in total. The van der Waals surface area contributed by atoms with Crippen LogP contribution in [0.2, 0.25) is 0 Å². The van der Waals surface area contributed by atoms with Gasteiger partial charge in [-0.05, 0) is 297 Å². The first-order chi connectivity index (χ1) is 74.9. The largest absolute Gasteiger partial charge is 0.215 e. The summed E-state index contributed by atoms with van der Waals surface area (Å²) in [6.07, 6.45) is 10.7. The van der Waals surface area contributed by atoms with Gasteiger partial charge in [0.05, 0.1) is 0 Å². The van der Waals surface area contributed by atoms with Gasteiger partial charge in [-0.25, -0.2) is 32.0 Å². The van der Waals surface area contributed by atoms with E-state index < -0.39 is 109 Å². The molecule has 0 bridgehead atoms. The Balaban J connectivity index is 0.000000234. The average molecular weight is 1770 g/mol. The van der Waals surface area contributed by atoms with Crippen molar-refractivity contribution in [3.8, 4) is 78.8 Å². The topological polar surface area (TPSA) is 27.2 Å². The summed E-state index contributed by atoms with van der Waals surface area (Å²) in [6.45, 7) is 19.6. The summed E-state index contributed by atoms with van der Waals surface area (Å²) < 4.78 is 291. The van der Waals surface area contributed by atoms with Crippen molar-refractivity contribution in [3.05, 3.63) is 371 Å². The molecule has 0 spiro atoms. The third-order valence-corrected chi connectivity index (χ3v) is 23.2. The van der Waals surface area contributed by atoms with Crippen molar-refractivity contribution in [2.24, 2.45) is 49.3 Å². The number of aryl methyl sites for hydroxylation is 24. The highest BCUT2D eigenvalue weighted by atomic mass is 15.0. The van der Waals surface area contributed by atoms with E-state index in [1.807, 2.05) is 275 Å². The van der Waals surface area contributed by atoms with Crippen molar-refractivity contribution in [3.63, 3.8) is 0 Å². The maximum absolute atomic E-state index is 8.44. The Morgan fingerprint density at radius 3 is 0.869 bits per heavy atom. The van der Waals surface area contributed by atoms with Crippen molar-refractivity contribution in [2.45, 2.75) is 262 Å². The van der Waals surface area contributed by atoms with Gasteiger partial charge < -0.3 is 0 Å². The third-order valence-electron chi connectivity index (χ3n) is 23.2. The Bertz CT molecular complexity index is 7080. The maximum atomic E-state index is 8.44. The predicted octanol–water partition coefficient (Wildman–Crippen LogP) is 28.6. The minimum Gasteiger partial charge on any atom is -0.201 e. The predicted molar refractivity (Wildman–Crippen MR) is 555 cm³/mol. The molecular weight excluding hydrogens is 1580 g/mol. The zero-order chi connectivity index (χ0) is 127. The Labute approximate surface area is 839 Å². The number of benzene rings is 7. The van der Waals surface area contributed by atoms with Crippen molar-refractivity contribution >= 4 is 0 Å². The van der Waals surface area contributed by atoms with Crippen LogP contribution in [0.3, 0.4) is 0 Å². The van der Waals surface area contributed by atoms with Crippen LogP contribution in [0.15, 0.2) is 238 Å². The standard InChI is InChI=1S/C20H28N.C19H26N.C18H24N.2C17H22N.2C16H20N/c1-13(2)17-8-9-18(15(5)10-17)20-11-16(6)19(14(3)4)12-21(20)7;1-13(2)16-7-9-18(15(5)11-16)19-10-8-17(14(3)4)12-20(19)6;1-12(2)17-10-18(19(6)11-15(17)5)16-8-7-13(3)9-14(16)4;1-12(2)15-7-8-16(14(4)10-15)17-9-6-13(3)11-18(17)5;1-12(2)15-7-9-17(18(5)11-15)16-8-6-13(3)10-14(16)4;1-11-6-7-15(13(3)8-11)16-14(4)9-12(2)10-17(16)5;1-5-14-7-9-16(17(4)11-14)15-8-6-12(2)10-13(15)3/h8-14H,1-7H3;7-14H,1-6H3;7-12H,1-6H3;2*6-12H,1-5H3;6-10H,1-5H3;6-11H,5H2,1-4H3/q7*+1/i3D3,13D,14D;13D,14D;1D3,3D3,5D3,12D;2*3D3,12D;1D3,2D3;2D3,5D2. The van der Waals surface area contributed by atoms with Crippen molar-refractivity contribution < 1.29 is 81.3 Å². The van der Waals surface area contributed by atoms with Crippen LogP contribution in [0.25, 0.3) is 78.8 Å². The van der Waals surface area contributed by atoms with E-state index in [0.29, 0.717) is 50.2 Å². The lowest BCUT2D eigenvalue weighted by molar-refractivity contribution is -0.661. The van der Waals surface area contributed by atoms with Crippen molar-refractivity contribution in [2.75, 3.05) is 0 Å². The number of hydrogen-bond donors (Lipinski definition) is 0. The SMILES string of the molecule is [2H]C(C)(C)c1ccc(-c2cc(C)c(C([2H])(C)C([2H])([2H])[2H])c[n+]2C)c(C)c1.[2H]C(C)(C)c1ccc(-c2ccc(C([2H])(C)C)c[n+]2C)c(C)c1.[2H]C([2H])([2H])c1ccc(-c2c(C)cc(C([2H])([2H])[2H])c[n+]2C)c(C)c1.[2H]C([2H])([2H])c1ccc(-c2cc(C([2H])(C)C([2H])([2H])[2H])c(C([2H])([2H])[2H])c[n+]2C)c(C)c1.[2H]C([2H])([2H])c1ccc(-c2ccc(C([2H])(C)C)c[n+]2C)c(C)c1.[2H]C([2H])([2H])c1ccc(-c2ccc(C([2H])(C)C)cc2C)[n+](C)c1.[2H]C([2H])([2H])c1ccc(-c2ccc(C([2H])([2H])C)c[n+]2C)c(C)c1. The summed E-state index contributed by atoms with van der Waals surface area (Å²) in [5.41, 5.74) is 28.8. The van der Waals surface area contributed by atoms with Gasteiger partial charge in [0.2, 0.25) is 39.9 Å². The molecule has 682 valence electrons. The van der Waals surface area contributed by atoms with E-state index in [4.69, 9.17) is 49.3 Å². The Morgan fingerprint density at radius 2 is 0.531 bits per heavy atom. The molecule has 7 heteroatoms. The van der Waals surface area contributed by atoms with E-state index in [1.165, 1.54) is 56.3 Å². The molecule has 0 saturated heterocycles. The summed E-state index contributed by atoms with van der Waals surface area (Å²) in [4.78, 5) is 0. The second kappa shape index (κ2) is 46.9. The molecule has 2 atom stereocenters. The van der Waals surface area contributed by atoms with Gasteiger partial charge in [-0.3, -0.25) is 0 Å². The molecule has 0 aliphatic heterocycles. The summed E-state index contributed by atoms with van der Waals surface area (Å²) >= 11 is 0. The van der Waals surface area contributed by atoms with Crippen LogP contribution in [-0.2, 0) is 55.7 Å². The molecular formula is C123H162N7+7. The Morgan fingerprint density at radius 1 is 0.231 bits per heavy atom. The molecule has 7 aromatic heterocycles. The van der Waals surface area contributed by atoms with Crippen LogP contribution < -0.4 is 32.0 Å². The highest BCUT2D eigenvalue weighted by Crippen LogP contribution is 2.34. The first-order valence-electron chi connectivity index (χ1n) is 61.8. The number of nitrogens with zero attached hydrogens (tertiary/aromatic N) is 7. The van der Waals surface area contributed by atoms with Crippen LogP contribution in [0.1, 0.15) is 328 Å². The second-order valence-corrected chi connectivity index (χ2v) is 35.2. The minimum atomic E-state index is -2.75. The molecule has 0 saturated carbocycles. The van der Waals surface area contributed by atoms with Gasteiger partial charge in [-0.2, -0.15) is 0 Å². The van der Waals surface area contributed by atoms with Gasteiger partial charge in [-0.15, -0.1) is 0 Å². The second-order valence-electron chi connectivity index (χ2n) is 35.2. The molecule has 7 heterocycles. The monoisotopic (exact) mass is 1770 g/mol. The molecule has 14 aromatic rings. The highest BCUT2D eigenvalue weighted by molar-refractivity contribution is 5.68. The fourth-order valence-corrected chi connectivity index (χ4v) is 15.8. The van der Waals surface area contributed by atoms with E-state index in [9.17, 15) is 0 Å². The van der Waals surface area contributed by atoms with Crippen molar-refractivity contribution in [1.29, 1.82) is 0 Å². The van der Waals surface area contributed by atoms with Crippen LogP contribution in [0.4, 0.5) is 0 Å². The van der Waals surface area contributed by atoms with Crippen molar-refractivity contribution in [1.82, 2.24) is 0 Å². The van der Waals surface area contributed by atoms with Gasteiger partial charge in [-0.1, -0.05) is 211 Å². The molecule has 0 radical (unpaired) electrons. The van der Waals surface area contributed by atoms with E-state index in [-0.39, 0.29) is 22.3 Å². The lowest BCUT2D eigenvalue weighted by atomic mass is 9.94.